The van der Waals surface area contributed by atoms with Crippen LogP contribution < -0.4 is 5.73 Å². The normalized spacial score (nSPS) is 23.4. The molecule has 4 rings (SSSR count). The Kier molecular flexibility index (Phi) is 5.63. The molecule has 32 heavy (non-hydrogen) atoms. The molecule has 2 aromatic heterocycles. The zero-order chi connectivity index (χ0) is 23.2. The number of ether oxygens (including phenoxy) is 1. The van der Waals surface area contributed by atoms with Crippen LogP contribution in [0.3, 0.4) is 0 Å². The number of rotatable bonds is 5. The summed E-state index contributed by atoms with van der Waals surface area (Å²) in [6.07, 6.45) is -2.68. The lowest BCUT2D eigenvalue weighted by Crippen LogP contribution is -2.33. The van der Waals surface area contributed by atoms with Crippen LogP contribution in [0.1, 0.15) is 25.6 Å². The van der Waals surface area contributed by atoms with E-state index in [4.69, 9.17) is 14.7 Å². The number of allylic oxidation sites excluding steroid dienone is 1. The Bertz CT molecular complexity index is 1280. The summed E-state index contributed by atoms with van der Waals surface area (Å²) in [7, 11) is -4.20. The van der Waals surface area contributed by atoms with Gasteiger partial charge in [-0.3, -0.25) is 4.57 Å². The van der Waals surface area contributed by atoms with Gasteiger partial charge in [0.15, 0.2) is 17.7 Å². The monoisotopic (exact) mass is 461 g/mol. The maximum Gasteiger partial charge on any atom is 0.338 e. The molecule has 4 atom stereocenters. The topological polar surface area (TPSA) is 163 Å². The maximum atomic E-state index is 12.8. The van der Waals surface area contributed by atoms with E-state index >= 15 is 0 Å². The van der Waals surface area contributed by atoms with Gasteiger partial charge in [-0.15, -0.1) is 0 Å². The zero-order valence-corrected chi connectivity index (χ0v) is 18.4. The Morgan fingerprint density at radius 1 is 1.12 bits per heavy atom. The third-order valence-corrected chi connectivity index (χ3v) is 6.41. The van der Waals surface area contributed by atoms with Gasteiger partial charge in [-0.25, -0.2) is 15.0 Å². The molecule has 1 aromatic carbocycles. The van der Waals surface area contributed by atoms with E-state index in [0.717, 1.165) is 5.56 Å². The van der Waals surface area contributed by atoms with Crippen LogP contribution in [0.25, 0.3) is 11.2 Å². The van der Waals surface area contributed by atoms with Gasteiger partial charge < -0.3 is 24.9 Å². The van der Waals surface area contributed by atoms with Crippen molar-refractivity contribution in [2.45, 2.75) is 50.2 Å². The number of aromatic nitrogens is 4. The molecule has 3 heterocycles. The summed E-state index contributed by atoms with van der Waals surface area (Å²) in [6, 6.07) is 6.16. The maximum absolute atomic E-state index is 12.8. The molecule has 0 radical (unpaired) electrons. The van der Waals surface area contributed by atoms with Gasteiger partial charge in [0, 0.05) is 0 Å². The first-order valence-electron chi connectivity index (χ1n) is 9.73. The molecule has 0 saturated carbocycles. The lowest BCUT2D eigenvalue weighted by Gasteiger charge is -2.20. The van der Waals surface area contributed by atoms with Crippen LogP contribution in [-0.2, 0) is 19.0 Å². The fourth-order valence-corrected chi connectivity index (χ4v) is 4.51. The molecule has 0 spiro atoms. The predicted octanol–water partition coefficient (Wildman–Crippen LogP) is 1.04. The molecule has 0 amide bonds. The average Bonchev–Trinajstić information content (AvgIpc) is 3.29. The number of fused-ring (bicyclic) bond motifs is 1. The van der Waals surface area contributed by atoms with Crippen molar-refractivity contribution in [3.05, 3.63) is 53.8 Å². The third kappa shape index (κ3) is 3.81. The number of nitrogens with two attached hydrogens (primary N) is 1. The van der Waals surface area contributed by atoms with Gasteiger partial charge in [-0.2, -0.15) is 8.42 Å². The van der Waals surface area contributed by atoms with Gasteiger partial charge in [0.05, 0.1) is 6.33 Å². The molecular formula is C20H23N5O6S. The molecule has 11 nitrogen and oxygen atoms in total. The van der Waals surface area contributed by atoms with Crippen LogP contribution in [0, 0.1) is 6.92 Å². The first-order chi connectivity index (χ1) is 15.1. The largest absolute Gasteiger partial charge is 0.387 e. The fraction of sp³-hybridized carbons (Fsp3) is 0.350. The number of hydrogen-bond donors (Lipinski definition) is 3. The highest BCUT2D eigenvalue weighted by molar-refractivity contribution is 7.86. The Hall–Kier alpha value is -3.06. The summed E-state index contributed by atoms with van der Waals surface area (Å²) in [5.74, 6) is 0.0361. The Labute approximate surface area is 184 Å². The summed E-state index contributed by atoms with van der Waals surface area (Å²) in [5, 5.41) is 21.4. The minimum absolute atomic E-state index is 0.0424. The van der Waals surface area contributed by atoms with Gasteiger partial charge >= 0.3 is 10.1 Å². The predicted molar refractivity (Wildman–Crippen MR) is 113 cm³/mol. The molecule has 1 fully saturated rings. The number of anilines is 1. The number of aliphatic hydroxyl groups is 2. The quantitative estimate of drug-likeness (QED) is 0.369. The van der Waals surface area contributed by atoms with E-state index in [2.05, 4.69) is 15.0 Å². The highest BCUT2D eigenvalue weighted by atomic mass is 32.2. The van der Waals surface area contributed by atoms with E-state index in [0.29, 0.717) is 16.7 Å². The van der Waals surface area contributed by atoms with Crippen molar-refractivity contribution in [2.75, 3.05) is 5.73 Å². The summed E-state index contributed by atoms with van der Waals surface area (Å²) in [5.41, 5.74) is 7.76. The third-order valence-electron chi connectivity index (χ3n) is 5.16. The van der Waals surface area contributed by atoms with Crippen LogP contribution in [0.2, 0.25) is 0 Å². The van der Waals surface area contributed by atoms with E-state index < -0.39 is 34.7 Å². The average molecular weight is 462 g/mol. The molecule has 0 bridgehead atoms. The van der Waals surface area contributed by atoms with Crippen LogP contribution in [0.4, 0.5) is 5.82 Å². The lowest BCUT2D eigenvalue weighted by atomic mass is 10.1. The second kappa shape index (κ2) is 8.13. The molecule has 4 N–H and O–H groups in total. The summed E-state index contributed by atoms with van der Waals surface area (Å²) in [4.78, 5) is 12.1. The molecule has 170 valence electrons. The van der Waals surface area contributed by atoms with Crippen molar-refractivity contribution in [1.82, 2.24) is 19.5 Å². The van der Waals surface area contributed by atoms with Crippen molar-refractivity contribution in [3.63, 3.8) is 0 Å². The van der Waals surface area contributed by atoms with Gasteiger partial charge in [-0.1, -0.05) is 17.7 Å². The molecular weight excluding hydrogens is 438 g/mol. The summed E-state index contributed by atoms with van der Waals surface area (Å²) < 4.78 is 38.3. The number of hydrogen-bond acceptors (Lipinski definition) is 10. The molecule has 0 unspecified atom stereocenters. The van der Waals surface area contributed by atoms with Crippen LogP contribution in [0.5, 0.6) is 0 Å². The smallest absolute Gasteiger partial charge is 0.338 e. The highest BCUT2D eigenvalue weighted by Crippen LogP contribution is 2.37. The molecule has 1 saturated heterocycles. The number of aryl methyl sites for hydroxylation is 1. The van der Waals surface area contributed by atoms with Gasteiger partial charge in [-0.05, 0) is 38.5 Å². The molecule has 12 heteroatoms. The number of imidazole rings is 1. The van der Waals surface area contributed by atoms with Gasteiger partial charge in [0.25, 0.3) is 0 Å². The van der Waals surface area contributed by atoms with E-state index in [1.54, 1.807) is 26.0 Å². The van der Waals surface area contributed by atoms with E-state index in [-0.39, 0.29) is 16.5 Å². The standard InChI is InChI=1S/C20H23N5O6S/c1-10(2)16(31-32(28,29)12-6-4-11(3)5-7-12)17-14(26)15(27)20(30-17)25-9-24-13-18(21)22-8-23-19(13)25/h4-9,14-15,17,20,26-27H,1-3H3,(H2,21,22,23)/t14-,15+,17-,20+/m0/s1. The Balaban J connectivity index is 1.66. The van der Waals surface area contributed by atoms with E-state index in [1.807, 2.05) is 6.92 Å². The lowest BCUT2D eigenvalue weighted by molar-refractivity contribution is -0.0328. The number of benzene rings is 1. The van der Waals surface area contributed by atoms with E-state index in [1.165, 1.54) is 29.4 Å². The second-order valence-corrected chi connectivity index (χ2v) is 9.27. The highest BCUT2D eigenvalue weighted by Gasteiger charge is 2.48. The van der Waals surface area contributed by atoms with Crippen LogP contribution in [0.15, 0.2) is 53.1 Å². The van der Waals surface area contributed by atoms with Crippen molar-refractivity contribution < 1.29 is 27.6 Å². The Morgan fingerprint density at radius 2 is 1.81 bits per heavy atom. The first kappa shape index (κ1) is 22.1. The number of aliphatic hydroxyl groups excluding tert-OH is 2. The molecule has 0 aliphatic carbocycles. The van der Waals surface area contributed by atoms with Crippen molar-refractivity contribution in [2.24, 2.45) is 0 Å². The van der Waals surface area contributed by atoms with Gasteiger partial charge in [0.2, 0.25) is 0 Å². The minimum atomic E-state index is -4.20. The molecule has 1 aliphatic rings. The minimum Gasteiger partial charge on any atom is -0.387 e. The molecule has 3 aromatic rings. The van der Waals surface area contributed by atoms with Gasteiger partial charge in [0.1, 0.15) is 40.8 Å². The summed E-state index contributed by atoms with van der Waals surface area (Å²) >= 11 is 0. The SMILES string of the molecule is CC(C)=C(OS(=O)(=O)c1ccc(C)cc1)[C@H]1O[C@@H](n2cnc3c(N)ncnc32)[C@H](O)[C@@H]1O. The molecule has 1 aliphatic heterocycles. The van der Waals surface area contributed by atoms with Crippen molar-refractivity contribution in [1.29, 1.82) is 0 Å². The zero-order valence-electron chi connectivity index (χ0n) is 17.6. The van der Waals surface area contributed by atoms with Crippen LogP contribution >= 0.6 is 0 Å². The van der Waals surface area contributed by atoms with Crippen molar-refractivity contribution >= 4 is 27.1 Å². The number of nitrogen functional groups attached to an aromatic ring is 1. The van der Waals surface area contributed by atoms with E-state index in [9.17, 15) is 18.6 Å². The Morgan fingerprint density at radius 3 is 2.47 bits per heavy atom. The first-order valence-corrected chi connectivity index (χ1v) is 11.1. The van der Waals surface area contributed by atoms with Crippen LogP contribution in [-0.4, -0.2) is 56.5 Å². The number of nitrogens with zero attached hydrogens (tertiary/aromatic N) is 4. The fourth-order valence-electron chi connectivity index (χ4n) is 3.45. The van der Waals surface area contributed by atoms with Crippen molar-refractivity contribution in [3.8, 4) is 0 Å². The summed E-state index contributed by atoms with van der Waals surface area (Å²) in [6.45, 7) is 5.08. The second-order valence-electron chi connectivity index (χ2n) is 7.73.